The number of carbonyl (C=O) groups is 2. The van der Waals surface area contributed by atoms with Gasteiger partial charge in [-0.3, -0.25) is 9.59 Å². The molecule has 27 heavy (non-hydrogen) atoms. The second-order valence-corrected chi connectivity index (χ2v) is 6.39. The first-order chi connectivity index (χ1) is 12.9. The van der Waals surface area contributed by atoms with E-state index in [1.165, 1.54) is 25.3 Å². The molecule has 0 saturated carbocycles. The number of anilines is 2. The fourth-order valence-corrected chi connectivity index (χ4v) is 3.13. The summed E-state index contributed by atoms with van der Waals surface area (Å²) in [4.78, 5) is 26.6. The summed E-state index contributed by atoms with van der Waals surface area (Å²) >= 11 is 0. The number of halogens is 1. The Bertz CT molecular complexity index is 884. The van der Waals surface area contributed by atoms with Crippen LogP contribution in [0.4, 0.5) is 15.8 Å². The molecule has 1 fully saturated rings. The van der Waals surface area contributed by atoms with E-state index in [0.29, 0.717) is 28.4 Å². The fourth-order valence-electron chi connectivity index (χ4n) is 3.13. The Hall–Kier alpha value is -3.09. The van der Waals surface area contributed by atoms with Gasteiger partial charge < -0.3 is 19.7 Å². The quantitative estimate of drug-likeness (QED) is 0.876. The van der Waals surface area contributed by atoms with E-state index in [1.807, 2.05) is 0 Å². The van der Waals surface area contributed by atoms with Gasteiger partial charge in [-0.2, -0.15) is 0 Å². The van der Waals surface area contributed by atoms with Gasteiger partial charge in [0.15, 0.2) is 0 Å². The molecule has 1 saturated heterocycles. The van der Waals surface area contributed by atoms with Gasteiger partial charge in [-0.1, -0.05) is 0 Å². The molecule has 3 rings (SSSR count). The van der Waals surface area contributed by atoms with Gasteiger partial charge in [0.1, 0.15) is 17.3 Å². The molecule has 142 valence electrons. The molecule has 0 aliphatic carbocycles. The number of nitrogens with zero attached hydrogens (tertiary/aromatic N) is 1. The van der Waals surface area contributed by atoms with Gasteiger partial charge in [0, 0.05) is 24.7 Å². The molecule has 1 atom stereocenters. The van der Waals surface area contributed by atoms with Gasteiger partial charge in [-0.25, -0.2) is 4.39 Å². The second kappa shape index (κ2) is 7.65. The zero-order valence-electron chi connectivity index (χ0n) is 15.4. The number of amides is 2. The molecule has 2 amide bonds. The van der Waals surface area contributed by atoms with Crippen LogP contribution in [0.25, 0.3) is 0 Å². The summed E-state index contributed by atoms with van der Waals surface area (Å²) in [6.07, 6.45) is 0.0985. The van der Waals surface area contributed by atoms with Crippen LogP contribution < -0.4 is 19.7 Å². The van der Waals surface area contributed by atoms with E-state index in [2.05, 4.69) is 5.32 Å². The third-order valence-corrected chi connectivity index (χ3v) is 4.62. The largest absolute Gasteiger partial charge is 0.497 e. The van der Waals surface area contributed by atoms with Gasteiger partial charge in [-0.05, 0) is 42.8 Å². The maximum atomic E-state index is 13.2. The van der Waals surface area contributed by atoms with Crippen molar-refractivity contribution in [3.63, 3.8) is 0 Å². The lowest BCUT2D eigenvalue weighted by Crippen LogP contribution is -2.28. The number of carbonyl (C=O) groups excluding carboxylic acids is 2. The third kappa shape index (κ3) is 3.86. The summed E-state index contributed by atoms with van der Waals surface area (Å²) in [5.41, 5.74) is 1.76. The molecule has 6 nitrogen and oxygen atoms in total. The molecule has 0 unspecified atom stereocenters. The average molecular weight is 372 g/mol. The van der Waals surface area contributed by atoms with E-state index in [0.717, 1.165) is 0 Å². The minimum absolute atomic E-state index is 0.0985. The van der Waals surface area contributed by atoms with Crippen LogP contribution in [0.1, 0.15) is 12.0 Å². The first-order valence-corrected chi connectivity index (χ1v) is 8.52. The van der Waals surface area contributed by atoms with Gasteiger partial charge in [0.2, 0.25) is 11.8 Å². The summed E-state index contributed by atoms with van der Waals surface area (Å²) in [7, 11) is 3.06. The normalized spacial score (nSPS) is 16.4. The number of hydrogen-bond donors (Lipinski definition) is 1. The van der Waals surface area contributed by atoms with Crippen molar-refractivity contribution < 1.29 is 23.5 Å². The maximum Gasteiger partial charge on any atom is 0.229 e. The van der Waals surface area contributed by atoms with Gasteiger partial charge >= 0.3 is 0 Å². The number of hydrogen-bond acceptors (Lipinski definition) is 4. The third-order valence-electron chi connectivity index (χ3n) is 4.62. The van der Waals surface area contributed by atoms with E-state index in [-0.39, 0.29) is 30.6 Å². The van der Waals surface area contributed by atoms with Crippen molar-refractivity contribution in [2.75, 3.05) is 31.0 Å². The molecule has 2 aromatic rings. The van der Waals surface area contributed by atoms with Gasteiger partial charge in [-0.15, -0.1) is 0 Å². The lowest BCUT2D eigenvalue weighted by atomic mass is 10.1. The van der Waals surface area contributed by atoms with Crippen LogP contribution in [0.15, 0.2) is 36.4 Å². The first-order valence-electron chi connectivity index (χ1n) is 8.52. The van der Waals surface area contributed by atoms with E-state index in [4.69, 9.17) is 9.47 Å². The number of ether oxygens (including phenoxy) is 2. The van der Waals surface area contributed by atoms with E-state index in [1.54, 1.807) is 37.1 Å². The maximum absolute atomic E-state index is 13.2. The van der Waals surface area contributed by atoms with Crippen LogP contribution in [-0.2, 0) is 9.59 Å². The van der Waals surface area contributed by atoms with E-state index < -0.39 is 5.92 Å². The molecular formula is C20H21FN2O4. The molecular weight excluding hydrogens is 351 g/mol. The molecule has 0 spiro atoms. The summed E-state index contributed by atoms with van der Waals surface area (Å²) in [6.45, 7) is 1.96. The molecule has 1 aliphatic rings. The first kappa shape index (κ1) is 18.7. The summed E-state index contributed by atoms with van der Waals surface area (Å²) in [5, 5.41) is 2.78. The van der Waals surface area contributed by atoms with Crippen LogP contribution in [-0.4, -0.2) is 32.6 Å². The Morgan fingerprint density at radius 1 is 1.19 bits per heavy atom. The molecule has 0 aromatic heterocycles. The minimum Gasteiger partial charge on any atom is -0.497 e. The average Bonchev–Trinajstić information content (AvgIpc) is 3.05. The standard InChI is InChI=1S/C20H21FN2O4/c1-12-8-14(21)4-6-16(12)22-20(25)13-9-19(24)23(11-13)17-7-5-15(26-2)10-18(17)27-3/h4-8,10,13H,9,11H2,1-3H3,(H,22,25)/t13-/m1/s1. The molecule has 2 aromatic carbocycles. The second-order valence-electron chi connectivity index (χ2n) is 6.39. The highest BCUT2D eigenvalue weighted by Crippen LogP contribution is 2.36. The van der Waals surface area contributed by atoms with Crippen molar-refractivity contribution in [2.24, 2.45) is 5.92 Å². The number of rotatable bonds is 5. The highest BCUT2D eigenvalue weighted by atomic mass is 19.1. The number of nitrogens with one attached hydrogen (secondary N) is 1. The van der Waals surface area contributed by atoms with Crippen molar-refractivity contribution in [3.05, 3.63) is 47.8 Å². The van der Waals surface area contributed by atoms with Crippen LogP contribution in [0.3, 0.4) is 0 Å². The molecule has 7 heteroatoms. The lowest BCUT2D eigenvalue weighted by Gasteiger charge is -2.20. The summed E-state index contributed by atoms with van der Waals surface area (Å²) < 4.78 is 23.7. The van der Waals surface area contributed by atoms with E-state index >= 15 is 0 Å². The SMILES string of the molecule is COc1ccc(N2C[C@H](C(=O)Nc3ccc(F)cc3C)CC2=O)c(OC)c1. The predicted octanol–water partition coefficient (Wildman–Crippen LogP) is 3.14. The minimum atomic E-state index is -0.506. The van der Waals surface area contributed by atoms with Crippen LogP contribution in [0.5, 0.6) is 11.5 Å². The van der Waals surface area contributed by atoms with Crippen molar-refractivity contribution in [1.29, 1.82) is 0 Å². The van der Waals surface area contributed by atoms with Crippen LogP contribution >= 0.6 is 0 Å². The fraction of sp³-hybridized carbons (Fsp3) is 0.300. The van der Waals surface area contributed by atoms with Crippen molar-refractivity contribution >= 4 is 23.2 Å². The number of benzene rings is 2. The molecule has 0 bridgehead atoms. The lowest BCUT2D eigenvalue weighted by molar-refractivity contribution is -0.122. The number of methoxy groups -OCH3 is 2. The van der Waals surface area contributed by atoms with Crippen LogP contribution in [0.2, 0.25) is 0 Å². The van der Waals surface area contributed by atoms with Crippen molar-refractivity contribution in [1.82, 2.24) is 0 Å². The number of aryl methyl sites for hydroxylation is 1. The Morgan fingerprint density at radius 3 is 2.63 bits per heavy atom. The van der Waals surface area contributed by atoms with Gasteiger partial charge in [0.25, 0.3) is 0 Å². The highest BCUT2D eigenvalue weighted by Gasteiger charge is 2.36. The molecule has 1 N–H and O–H groups in total. The smallest absolute Gasteiger partial charge is 0.229 e. The van der Waals surface area contributed by atoms with Crippen molar-refractivity contribution in [2.45, 2.75) is 13.3 Å². The Morgan fingerprint density at radius 2 is 1.96 bits per heavy atom. The Balaban J connectivity index is 1.76. The van der Waals surface area contributed by atoms with E-state index in [9.17, 15) is 14.0 Å². The Labute approximate surface area is 156 Å². The molecule has 1 heterocycles. The molecule has 0 radical (unpaired) electrons. The summed E-state index contributed by atoms with van der Waals surface area (Å²) in [6, 6.07) is 9.32. The predicted molar refractivity (Wildman–Crippen MR) is 99.8 cm³/mol. The van der Waals surface area contributed by atoms with Crippen molar-refractivity contribution in [3.8, 4) is 11.5 Å². The van der Waals surface area contributed by atoms with Gasteiger partial charge in [0.05, 0.1) is 25.8 Å². The zero-order valence-corrected chi connectivity index (χ0v) is 15.4. The highest BCUT2D eigenvalue weighted by molar-refractivity contribution is 6.04. The summed E-state index contributed by atoms with van der Waals surface area (Å²) in [5.74, 6) is -0.183. The van der Waals surface area contributed by atoms with Crippen LogP contribution in [0, 0.1) is 18.7 Å². The zero-order chi connectivity index (χ0) is 19.6. The molecule has 1 aliphatic heterocycles. The Kier molecular flexibility index (Phi) is 5.30. The topological polar surface area (TPSA) is 67.9 Å². The monoisotopic (exact) mass is 372 g/mol.